The summed E-state index contributed by atoms with van der Waals surface area (Å²) in [6.45, 7) is 3.34. The molecular formula is C17H23N3O. The highest BCUT2D eigenvalue weighted by atomic mass is 16.2. The summed E-state index contributed by atoms with van der Waals surface area (Å²) in [4.78, 5) is 18.9. The predicted octanol–water partition coefficient (Wildman–Crippen LogP) is 2.19. The molecule has 0 spiro atoms. The van der Waals surface area contributed by atoms with Gasteiger partial charge in [-0.2, -0.15) is 0 Å². The van der Waals surface area contributed by atoms with Gasteiger partial charge in [0.1, 0.15) is 5.69 Å². The van der Waals surface area contributed by atoms with Gasteiger partial charge in [0.15, 0.2) is 0 Å². The molecule has 1 amide bonds. The van der Waals surface area contributed by atoms with Crippen molar-refractivity contribution >= 4 is 5.91 Å². The Morgan fingerprint density at radius 3 is 3.00 bits per heavy atom. The Hall–Kier alpha value is -1.86. The number of carbonyl (C=O) groups is 1. The first-order chi connectivity index (χ1) is 10.3. The first kappa shape index (κ1) is 15.5. The molecule has 21 heavy (non-hydrogen) atoms. The average Bonchev–Trinajstić information content (AvgIpc) is 2.53. The van der Waals surface area contributed by atoms with E-state index in [9.17, 15) is 4.79 Å². The molecular weight excluding hydrogens is 262 g/mol. The Balaban J connectivity index is 2.10. The van der Waals surface area contributed by atoms with Crippen LogP contribution in [0.3, 0.4) is 0 Å². The SMILES string of the molecule is CCCC1CCCCN1C(=O)c1ccc(C#CCN)cn1. The van der Waals surface area contributed by atoms with Crippen LogP contribution in [-0.2, 0) is 0 Å². The summed E-state index contributed by atoms with van der Waals surface area (Å²) in [6.07, 6.45) is 7.25. The molecule has 0 aromatic carbocycles. The Labute approximate surface area is 126 Å². The van der Waals surface area contributed by atoms with Crippen LogP contribution in [0.5, 0.6) is 0 Å². The number of hydrogen-bond donors (Lipinski definition) is 1. The molecule has 1 aromatic rings. The summed E-state index contributed by atoms with van der Waals surface area (Å²) in [6, 6.07) is 3.97. The van der Waals surface area contributed by atoms with Crippen molar-refractivity contribution in [1.82, 2.24) is 9.88 Å². The third kappa shape index (κ3) is 4.05. The molecule has 1 aromatic heterocycles. The number of pyridine rings is 1. The van der Waals surface area contributed by atoms with E-state index in [-0.39, 0.29) is 5.91 Å². The van der Waals surface area contributed by atoms with E-state index in [0.717, 1.165) is 37.8 Å². The number of hydrogen-bond acceptors (Lipinski definition) is 3. The second-order valence-corrected chi connectivity index (χ2v) is 5.37. The maximum atomic E-state index is 12.6. The molecule has 2 N–H and O–H groups in total. The summed E-state index contributed by atoms with van der Waals surface area (Å²) >= 11 is 0. The predicted molar refractivity (Wildman–Crippen MR) is 83.8 cm³/mol. The minimum absolute atomic E-state index is 0.0477. The van der Waals surface area contributed by atoms with Gasteiger partial charge in [-0.05, 0) is 37.8 Å². The molecule has 4 nitrogen and oxygen atoms in total. The molecule has 0 radical (unpaired) electrons. The molecule has 1 saturated heterocycles. The quantitative estimate of drug-likeness (QED) is 0.866. The van der Waals surface area contributed by atoms with E-state index >= 15 is 0 Å². The number of aromatic nitrogens is 1. The van der Waals surface area contributed by atoms with Crippen LogP contribution in [0.2, 0.25) is 0 Å². The highest BCUT2D eigenvalue weighted by molar-refractivity contribution is 5.92. The maximum Gasteiger partial charge on any atom is 0.272 e. The first-order valence-electron chi connectivity index (χ1n) is 7.72. The summed E-state index contributed by atoms with van der Waals surface area (Å²) in [7, 11) is 0. The van der Waals surface area contributed by atoms with Crippen LogP contribution in [0.4, 0.5) is 0 Å². The van der Waals surface area contributed by atoms with Gasteiger partial charge in [0.05, 0.1) is 6.54 Å². The average molecular weight is 285 g/mol. The van der Waals surface area contributed by atoms with Crippen molar-refractivity contribution in [3.63, 3.8) is 0 Å². The van der Waals surface area contributed by atoms with Crippen molar-refractivity contribution in [2.24, 2.45) is 5.73 Å². The molecule has 1 aliphatic heterocycles. The van der Waals surface area contributed by atoms with Gasteiger partial charge in [-0.1, -0.05) is 25.2 Å². The highest BCUT2D eigenvalue weighted by Crippen LogP contribution is 2.22. The number of carbonyl (C=O) groups excluding carboxylic acids is 1. The monoisotopic (exact) mass is 285 g/mol. The number of likely N-dealkylation sites (tertiary alicyclic amines) is 1. The second-order valence-electron chi connectivity index (χ2n) is 5.37. The fraction of sp³-hybridized carbons (Fsp3) is 0.529. The number of piperidine rings is 1. The standard InChI is InChI=1S/C17H23N3O/c1-2-6-15-8-3-4-12-20(15)17(21)16-10-9-14(13-19-16)7-5-11-18/h9-10,13,15H,2-4,6,8,11-12,18H2,1H3. The molecule has 1 fully saturated rings. The van der Waals surface area contributed by atoms with Crippen LogP contribution in [0.1, 0.15) is 55.1 Å². The van der Waals surface area contributed by atoms with E-state index in [1.807, 2.05) is 11.0 Å². The molecule has 1 aliphatic rings. The van der Waals surface area contributed by atoms with Gasteiger partial charge in [-0.15, -0.1) is 0 Å². The first-order valence-corrected chi connectivity index (χ1v) is 7.72. The van der Waals surface area contributed by atoms with Crippen LogP contribution in [0.25, 0.3) is 0 Å². The van der Waals surface area contributed by atoms with Gasteiger partial charge in [0.2, 0.25) is 0 Å². The lowest BCUT2D eigenvalue weighted by Gasteiger charge is -2.35. The summed E-state index contributed by atoms with van der Waals surface area (Å²) in [5.41, 5.74) is 6.64. The van der Waals surface area contributed by atoms with Gasteiger partial charge in [0.25, 0.3) is 5.91 Å². The third-order valence-corrected chi connectivity index (χ3v) is 3.83. The lowest BCUT2D eigenvalue weighted by Crippen LogP contribution is -2.43. The van der Waals surface area contributed by atoms with E-state index < -0.39 is 0 Å². The van der Waals surface area contributed by atoms with E-state index in [2.05, 4.69) is 23.7 Å². The van der Waals surface area contributed by atoms with Gasteiger partial charge in [0, 0.05) is 24.3 Å². The topological polar surface area (TPSA) is 59.2 Å². The molecule has 1 atom stereocenters. The molecule has 2 heterocycles. The highest BCUT2D eigenvalue weighted by Gasteiger charge is 2.27. The lowest BCUT2D eigenvalue weighted by molar-refractivity contribution is 0.0594. The van der Waals surface area contributed by atoms with Gasteiger partial charge in [-0.3, -0.25) is 4.79 Å². The minimum atomic E-state index is 0.0477. The lowest BCUT2D eigenvalue weighted by atomic mass is 9.98. The van der Waals surface area contributed by atoms with Crippen LogP contribution in [0, 0.1) is 11.8 Å². The summed E-state index contributed by atoms with van der Waals surface area (Å²) in [5, 5.41) is 0. The zero-order valence-corrected chi connectivity index (χ0v) is 12.6. The zero-order valence-electron chi connectivity index (χ0n) is 12.6. The molecule has 4 heteroatoms. The fourth-order valence-corrected chi connectivity index (χ4v) is 2.80. The molecule has 2 rings (SSSR count). The van der Waals surface area contributed by atoms with Gasteiger partial charge < -0.3 is 10.6 Å². The van der Waals surface area contributed by atoms with Crippen molar-refractivity contribution in [3.05, 3.63) is 29.6 Å². The van der Waals surface area contributed by atoms with Crippen LogP contribution in [-0.4, -0.2) is 34.9 Å². The van der Waals surface area contributed by atoms with Crippen LogP contribution in [0.15, 0.2) is 18.3 Å². The van der Waals surface area contributed by atoms with E-state index in [0.29, 0.717) is 18.3 Å². The van der Waals surface area contributed by atoms with Crippen molar-refractivity contribution < 1.29 is 4.79 Å². The van der Waals surface area contributed by atoms with E-state index in [4.69, 9.17) is 5.73 Å². The zero-order chi connectivity index (χ0) is 15.1. The largest absolute Gasteiger partial charge is 0.334 e. The van der Waals surface area contributed by atoms with E-state index in [1.54, 1.807) is 12.3 Å². The van der Waals surface area contributed by atoms with E-state index in [1.165, 1.54) is 6.42 Å². The van der Waals surface area contributed by atoms with Crippen molar-refractivity contribution in [2.45, 2.75) is 45.1 Å². The van der Waals surface area contributed by atoms with Gasteiger partial charge in [-0.25, -0.2) is 4.98 Å². The molecule has 0 saturated carbocycles. The Kier molecular flexibility index (Phi) is 5.77. The Morgan fingerprint density at radius 1 is 1.48 bits per heavy atom. The molecule has 112 valence electrons. The maximum absolute atomic E-state index is 12.6. The second kappa shape index (κ2) is 7.80. The Morgan fingerprint density at radius 2 is 2.33 bits per heavy atom. The number of nitrogens with two attached hydrogens (primary N) is 1. The summed E-state index contributed by atoms with van der Waals surface area (Å²) < 4.78 is 0. The number of nitrogens with zero attached hydrogens (tertiary/aromatic N) is 2. The van der Waals surface area contributed by atoms with Crippen LogP contribution >= 0.6 is 0 Å². The fourth-order valence-electron chi connectivity index (χ4n) is 2.80. The molecule has 0 aliphatic carbocycles. The molecule has 0 bridgehead atoms. The van der Waals surface area contributed by atoms with Crippen LogP contribution < -0.4 is 5.73 Å². The van der Waals surface area contributed by atoms with Crippen molar-refractivity contribution in [1.29, 1.82) is 0 Å². The van der Waals surface area contributed by atoms with Crippen molar-refractivity contribution in [2.75, 3.05) is 13.1 Å². The Bertz CT molecular complexity index is 525. The van der Waals surface area contributed by atoms with Gasteiger partial charge >= 0.3 is 0 Å². The third-order valence-electron chi connectivity index (χ3n) is 3.83. The smallest absolute Gasteiger partial charge is 0.272 e. The summed E-state index contributed by atoms with van der Waals surface area (Å²) in [5.74, 6) is 5.75. The minimum Gasteiger partial charge on any atom is -0.334 e. The number of amides is 1. The normalized spacial score (nSPS) is 18.0. The number of rotatable bonds is 3. The molecule has 1 unspecified atom stereocenters. The van der Waals surface area contributed by atoms with Crippen molar-refractivity contribution in [3.8, 4) is 11.8 Å².